The standard InChI is InChI=1S/C22H28N2O4/c1-3-4-11-19(28-22(23)26)14-20(25)16-9-7-10-18(13-16)24-15-17-8-5-6-12-21(17)27-2/h5-10,12-13,19,24H,3-4,11,14-15H2,1-2H3,(H2,23,26). The molecule has 0 saturated heterocycles. The lowest BCUT2D eigenvalue weighted by molar-refractivity contribution is 0.0760. The van der Waals surface area contributed by atoms with Crippen molar-refractivity contribution in [1.82, 2.24) is 0 Å². The molecule has 2 aromatic carbocycles. The third kappa shape index (κ3) is 6.61. The van der Waals surface area contributed by atoms with Crippen LogP contribution in [-0.4, -0.2) is 25.1 Å². The summed E-state index contributed by atoms with van der Waals surface area (Å²) in [6, 6.07) is 15.1. The van der Waals surface area contributed by atoms with Crippen molar-refractivity contribution in [2.24, 2.45) is 5.73 Å². The number of amides is 1. The molecule has 0 aliphatic heterocycles. The van der Waals surface area contributed by atoms with Crippen molar-refractivity contribution in [3.63, 3.8) is 0 Å². The molecule has 28 heavy (non-hydrogen) atoms. The fourth-order valence-electron chi connectivity index (χ4n) is 2.97. The number of primary amides is 1. The van der Waals surface area contributed by atoms with E-state index in [1.807, 2.05) is 43.3 Å². The summed E-state index contributed by atoms with van der Waals surface area (Å²) in [5.41, 5.74) is 7.55. The highest BCUT2D eigenvalue weighted by Crippen LogP contribution is 2.20. The van der Waals surface area contributed by atoms with Gasteiger partial charge in [-0.1, -0.05) is 50.1 Å². The first kappa shape index (κ1) is 21.3. The number of ketones is 1. The molecule has 0 aliphatic rings. The molecule has 1 unspecified atom stereocenters. The molecule has 0 spiro atoms. The lowest BCUT2D eigenvalue weighted by atomic mass is 10.0. The summed E-state index contributed by atoms with van der Waals surface area (Å²) in [5, 5.41) is 3.31. The third-order valence-corrected chi connectivity index (χ3v) is 4.44. The minimum Gasteiger partial charge on any atom is -0.496 e. The molecular formula is C22H28N2O4. The molecule has 0 saturated carbocycles. The molecule has 6 nitrogen and oxygen atoms in total. The van der Waals surface area contributed by atoms with Gasteiger partial charge in [0.2, 0.25) is 0 Å². The van der Waals surface area contributed by atoms with Crippen LogP contribution in [-0.2, 0) is 11.3 Å². The Bertz CT molecular complexity index is 792. The Labute approximate surface area is 166 Å². The number of ether oxygens (including phenoxy) is 2. The second kappa shape index (κ2) is 11.0. The summed E-state index contributed by atoms with van der Waals surface area (Å²) in [5.74, 6) is 0.730. The number of carbonyl (C=O) groups excluding carboxylic acids is 2. The van der Waals surface area contributed by atoms with Gasteiger partial charge in [0.05, 0.1) is 7.11 Å². The Hall–Kier alpha value is -3.02. The van der Waals surface area contributed by atoms with Gasteiger partial charge in [0, 0.05) is 29.8 Å². The molecule has 0 aliphatic carbocycles. The van der Waals surface area contributed by atoms with Gasteiger partial charge in [0.1, 0.15) is 11.9 Å². The number of carbonyl (C=O) groups is 2. The zero-order valence-corrected chi connectivity index (χ0v) is 16.4. The average molecular weight is 384 g/mol. The number of Topliss-reactive ketones (excluding diaryl/α,β-unsaturated/α-hetero) is 1. The zero-order chi connectivity index (χ0) is 20.4. The Morgan fingerprint density at radius 1 is 1.14 bits per heavy atom. The van der Waals surface area contributed by atoms with E-state index in [2.05, 4.69) is 5.32 Å². The van der Waals surface area contributed by atoms with Crippen molar-refractivity contribution in [3.05, 3.63) is 59.7 Å². The number of unbranched alkanes of at least 4 members (excludes halogenated alkanes) is 1. The Kier molecular flexibility index (Phi) is 8.34. The third-order valence-electron chi connectivity index (χ3n) is 4.44. The topological polar surface area (TPSA) is 90.7 Å². The van der Waals surface area contributed by atoms with Crippen LogP contribution in [0.1, 0.15) is 48.5 Å². The van der Waals surface area contributed by atoms with Crippen molar-refractivity contribution >= 4 is 17.6 Å². The smallest absolute Gasteiger partial charge is 0.404 e. The zero-order valence-electron chi connectivity index (χ0n) is 16.4. The van der Waals surface area contributed by atoms with Crippen LogP contribution < -0.4 is 15.8 Å². The van der Waals surface area contributed by atoms with Crippen molar-refractivity contribution in [1.29, 1.82) is 0 Å². The van der Waals surface area contributed by atoms with E-state index in [0.29, 0.717) is 18.5 Å². The average Bonchev–Trinajstić information content (AvgIpc) is 2.70. The van der Waals surface area contributed by atoms with Gasteiger partial charge < -0.3 is 20.5 Å². The number of anilines is 1. The molecule has 1 atom stereocenters. The molecule has 2 rings (SSSR count). The van der Waals surface area contributed by atoms with Crippen LogP contribution in [0.4, 0.5) is 10.5 Å². The first-order chi connectivity index (χ1) is 13.5. The van der Waals surface area contributed by atoms with Crippen LogP contribution in [0.3, 0.4) is 0 Å². The summed E-state index contributed by atoms with van der Waals surface area (Å²) >= 11 is 0. The van der Waals surface area contributed by atoms with Gasteiger partial charge in [-0.2, -0.15) is 0 Å². The van der Waals surface area contributed by atoms with Gasteiger partial charge in [-0.3, -0.25) is 4.79 Å². The van der Waals surface area contributed by atoms with E-state index >= 15 is 0 Å². The van der Waals surface area contributed by atoms with E-state index in [9.17, 15) is 9.59 Å². The maximum Gasteiger partial charge on any atom is 0.404 e. The summed E-state index contributed by atoms with van der Waals surface area (Å²) in [4.78, 5) is 23.7. The van der Waals surface area contributed by atoms with E-state index in [0.717, 1.165) is 29.8 Å². The lowest BCUT2D eigenvalue weighted by Crippen LogP contribution is -2.25. The summed E-state index contributed by atoms with van der Waals surface area (Å²) < 4.78 is 10.5. The first-order valence-corrected chi connectivity index (χ1v) is 9.48. The number of nitrogens with two attached hydrogens (primary N) is 1. The number of methoxy groups -OCH3 is 1. The fourth-order valence-corrected chi connectivity index (χ4v) is 2.97. The quantitative estimate of drug-likeness (QED) is 0.555. The number of nitrogens with one attached hydrogen (secondary N) is 1. The predicted molar refractivity (Wildman–Crippen MR) is 110 cm³/mol. The second-order valence-electron chi connectivity index (χ2n) is 6.57. The first-order valence-electron chi connectivity index (χ1n) is 9.48. The monoisotopic (exact) mass is 384 g/mol. The highest BCUT2D eigenvalue weighted by atomic mass is 16.6. The number of para-hydroxylation sites is 1. The minimum atomic E-state index is -0.846. The largest absolute Gasteiger partial charge is 0.496 e. The molecule has 150 valence electrons. The van der Waals surface area contributed by atoms with E-state index in [4.69, 9.17) is 15.2 Å². The SMILES string of the molecule is CCCCC(CC(=O)c1cccc(NCc2ccccc2OC)c1)OC(N)=O. The normalized spacial score (nSPS) is 11.5. The molecule has 0 aromatic heterocycles. The Morgan fingerprint density at radius 2 is 1.93 bits per heavy atom. The van der Waals surface area contributed by atoms with E-state index in [1.165, 1.54) is 0 Å². The molecule has 6 heteroatoms. The van der Waals surface area contributed by atoms with Gasteiger partial charge >= 0.3 is 6.09 Å². The molecule has 1 amide bonds. The van der Waals surface area contributed by atoms with Crippen molar-refractivity contribution < 1.29 is 19.1 Å². The van der Waals surface area contributed by atoms with Crippen LogP contribution in [0, 0.1) is 0 Å². The molecule has 0 bridgehead atoms. The van der Waals surface area contributed by atoms with Gasteiger partial charge in [-0.15, -0.1) is 0 Å². The van der Waals surface area contributed by atoms with Crippen molar-refractivity contribution in [2.75, 3.05) is 12.4 Å². The number of benzene rings is 2. The highest BCUT2D eigenvalue weighted by molar-refractivity contribution is 5.97. The molecule has 3 N–H and O–H groups in total. The number of hydrogen-bond acceptors (Lipinski definition) is 5. The van der Waals surface area contributed by atoms with Crippen LogP contribution in [0.25, 0.3) is 0 Å². The van der Waals surface area contributed by atoms with Crippen LogP contribution in [0.5, 0.6) is 5.75 Å². The highest BCUT2D eigenvalue weighted by Gasteiger charge is 2.18. The van der Waals surface area contributed by atoms with E-state index in [-0.39, 0.29) is 12.2 Å². The lowest BCUT2D eigenvalue weighted by Gasteiger charge is -2.16. The van der Waals surface area contributed by atoms with Crippen LogP contribution in [0.15, 0.2) is 48.5 Å². The summed E-state index contributed by atoms with van der Waals surface area (Å²) in [7, 11) is 1.64. The van der Waals surface area contributed by atoms with Gasteiger partial charge in [0.15, 0.2) is 5.78 Å². The molecule has 0 heterocycles. The minimum absolute atomic E-state index is 0.0803. The molecule has 2 aromatic rings. The van der Waals surface area contributed by atoms with E-state index < -0.39 is 12.2 Å². The molecular weight excluding hydrogens is 356 g/mol. The van der Waals surface area contributed by atoms with Crippen molar-refractivity contribution in [3.8, 4) is 5.75 Å². The second-order valence-corrected chi connectivity index (χ2v) is 6.57. The van der Waals surface area contributed by atoms with Crippen LogP contribution in [0.2, 0.25) is 0 Å². The fraction of sp³-hybridized carbons (Fsp3) is 0.364. The molecule has 0 radical (unpaired) electrons. The van der Waals surface area contributed by atoms with E-state index in [1.54, 1.807) is 19.2 Å². The van der Waals surface area contributed by atoms with Crippen LogP contribution >= 0.6 is 0 Å². The number of rotatable bonds is 11. The molecule has 0 fully saturated rings. The maximum atomic E-state index is 12.6. The van der Waals surface area contributed by atoms with Gasteiger partial charge in [0.25, 0.3) is 0 Å². The van der Waals surface area contributed by atoms with Gasteiger partial charge in [-0.05, 0) is 24.6 Å². The summed E-state index contributed by atoms with van der Waals surface area (Å²) in [6.07, 6.45) is 1.23. The Morgan fingerprint density at radius 3 is 2.64 bits per heavy atom. The Balaban J connectivity index is 2.02. The predicted octanol–water partition coefficient (Wildman–Crippen LogP) is 4.53. The number of hydrogen-bond donors (Lipinski definition) is 2. The maximum absolute atomic E-state index is 12.6. The summed E-state index contributed by atoms with van der Waals surface area (Å²) in [6.45, 7) is 2.62. The van der Waals surface area contributed by atoms with Crippen molar-refractivity contribution in [2.45, 2.75) is 45.3 Å². The van der Waals surface area contributed by atoms with Gasteiger partial charge in [-0.25, -0.2) is 4.79 Å².